The van der Waals surface area contributed by atoms with Crippen molar-refractivity contribution in [3.63, 3.8) is 0 Å². The van der Waals surface area contributed by atoms with Gasteiger partial charge < -0.3 is 10.5 Å². The van der Waals surface area contributed by atoms with E-state index < -0.39 is 0 Å². The normalized spacial score (nSPS) is 22.0. The standard InChI is InChI=1S/C14H25N3O/c1-2-8-17-11-12(10-16-17)14(15)7-6-13-5-3-4-9-18-13/h10-11,13-14H,2-9,15H2,1H3. The first-order valence-corrected chi connectivity index (χ1v) is 7.19. The highest BCUT2D eigenvalue weighted by Crippen LogP contribution is 2.22. The maximum absolute atomic E-state index is 6.21. The molecule has 1 aliphatic heterocycles. The smallest absolute Gasteiger partial charge is 0.0575 e. The van der Waals surface area contributed by atoms with Gasteiger partial charge in [-0.25, -0.2) is 0 Å². The summed E-state index contributed by atoms with van der Waals surface area (Å²) in [6.07, 6.45) is 11.3. The fourth-order valence-corrected chi connectivity index (χ4v) is 2.49. The summed E-state index contributed by atoms with van der Waals surface area (Å²) in [4.78, 5) is 0. The first kappa shape index (κ1) is 13.6. The Kier molecular flexibility index (Phi) is 5.20. The molecule has 0 bridgehead atoms. The molecule has 1 fully saturated rings. The highest BCUT2D eigenvalue weighted by molar-refractivity contribution is 5.09. The van der Waals surface area contributed by atoms with Crippen LogP contribution in [0.3, 0.4) is 0 Å². The van der Waals surface area contributed by atoms with Crippen LogP contribution in [0.25, 0.3) is 0 Å². The van der Waals surface area contributed by atoms with Crippen molar-refractivity contribution < 1.29 is 4.74 Å². The van der Waals surface area contributed by atoms with Gasteiger partial charge in [-0.1, -0.05) is 6.92 Å². The molecule has 0 spiro atoms. The van der Waals surface area contributed by atoms with Crippen LogP contribution in [0.5, 0.6) is 0 Å². The second kappa shape index (κ2) is 6.90. The lowest BCUT2D eigenvalue weighted by Gasteiger charge is -2.23. The Morgan fingerprint density at radius 1 is 1.56 bits per heavy atom. The molecule has 102 valence electrons. The number of nitrogens with two attached hydrogens (primary N) is 1. The summed E-state index contributed by atoms with van der Waals surface area (Å²) >= 11 is 0. The molecule has 1 saturated heterocycles. The molecule has 2 atom stereocenters. The summed E-state index contributed by atoms with van der Waals surface area (Å²) in [5.41, 5.74) is 7.36. The van der Waals surface area contributed by atoms with Crippen molar-refractivity contribution >= 4 is 0 Å². The fourth-order valence-electron chi connectivity index (χ4n) is 2.49. The van der Waals surface area contributed by atoms with Gasteiger partial charge in [-0.15, -0.1) is 0 Å². The molecule has 2 rings (SSSR count). The van der Waals surface area contributed by atoms with Gasteiger partial charge in [-0.3, -0.25) is 4.68 Å². The zero-order valence-corrected chi connectivity index (χ0v) is 11.3. The van der Waals surface area contributed by atoms with Crippen molar-refractivity contribution in [3.05, 3.63) is 18.0 Å². The minimum Gasteiger partial charge on any atom is -0.378 e. The van der Waals surface area contributed by atoms with E-state index in [0.717, 1.165) is 38.0 Å². The summed E-state index contributed by atoms with van der Waals surface area (Å²) in [6, 6.07) is 0.0983. The average molecular weight is 251 g/mol. The molecule has 2 heterocycles. The number of aryl methyl sites for hydroxylation is 1. The van der Waals surface area contributed by atoms with E-state index in [9.17, 15) is 0 Å². The quantitative estimate of drug-likeness (QED) is 0.845. The Balaban J connectivity index is 1.77. The molecule has 0 amide bonds. The van der Waals surface area contributed by atoms with Gasteiger partial charge in [0.05, 0.1) is 12.3 Å². The maximum Gasteiger partial charge on any atom is 0.0575 e. The van der Waals surface area contributed by atoms with Crippen molar-refractivity contribution in [1.82, 2.24) is 9.78 Å². The molecule has 0 aliphatic carbocycles. The summed E-state index contributed by atoms with van der Waals surface area (Å²) in [7, 11) is 0. The number of hydrogen-bond acceptors (Lipinski definition) is 3. The predicted molar refractivity (Wildman–Crippen MR) is 72.3 cm³/mol. The van der Waals surface area contributed by atoms with Crippen LogP contribution in [-0.2, 0) is 11.3 Å². The largest absolute Gasteiger partial charge is 0.378 e. The van der Waals surface area contributed by atoms with E-state index in [0.29, 0.717) is 6.10 Å². The molecule has 0 aromatic carbocycles. The highest BCUT2D eigenvalue weighted by atomic mass is 16.5. The number of nitrogens with zero attached hydrogens (tertiary/aromatic N) is 2. The van der Waals surface area contributed by atoms with E-state index in [1.54, 1.807) is 0 Å². The van der Waals surface area contributed by atoms with Crippen LogP contribution in [0, 0.1) is 0 Å². The van der Waals surface area contributed by atoms with Crippen molar-refractivity contribution in [2.75, 3.05) is 6.61 Å². The summed E-state index contributed by atoms with van der Waals surface area (Å²) < 4.78 is 7.71. The van der Waals surface area contributed by atoms with Gasteiger partial charge in [0.25, 0.3) is 0 Å². The lowest BCUT2D eigenvalue weighted by molar-refractivity contribution is 0.00912. The van der Waals surface area contributed by atoms with Crippen molar-refractivity contribution in [2.24, 2.45) is 5.73 Å². The first-order chi connectivity index (χ1) is 8.79. The van der Waals surface area contributed by atoms with Gasteiger partial charge >= 0.3 is 0 Å². The monoisotopic (exact) mass is 251 g/mol. The van der Waals surface area contributed by atoms with E-state index in [1.807, 2.05) is 10.9 Å². The minimum absolute atomic E-state index is 0.0983. The van der Waals surface area contributed by atoms with Gasteiger partial charge in [0.15, 0.2) is 0 Å². The van der Waals surface area contributed by atoms with E-state index in [2.05, 4.69) is 18.2 Å². The van der Waals surface area contributed by atoms with E-state index in [4.69, 9.17) is 10.5 Å². The number of ether oxygens (including phenoxy) is 1. The SMILES string of the molecule is CCCn1cc(C(N)CCC2CCCCO2)cn1. The Morgan fingerprint density at radius 3 is 3.17 bits per heavy atom. The molecule has 1 aromatic rings. The molecule has 18 heavy (non-hydrogen) atoms. The molecular formula is C14H25N3O. The number of hydrogen-bond donors (Lipinski definition) is 1. The third-order valence-corrected chi connectivity index (χ3v) is 3.61. The van der Waals surface area contributed by atoms with Gasteiger partial charge in [0.1, 0.15) is 0 Å². The molecule has 4 heteroatoms. The zero-order chi connectivity index (χ0) is 12.8. The summed E-state index contributed by atoms with van der Waals surface area (Å²) in [5.74, 6) is 0. The third kappa shape index (κ3) is 3.82. The average Bonchev–Trinajstić information content (AvgIpc) is 2.86. The Bertz CT molecular complexity index is 345. The van der Waals surface area contributed by atoms with Gasteiger partial charge in [-0.2, -0.15) is 5.10 Å². The fraction of sp³-hybridized carbons (Fsp3) is 0.786. The number of aromatic nitrogens is 2. The second-order valence-electron chi connectivity index (χ2n) is 5.21. The Labute approximate surface area is 110 Å². The molecule has 2 N–H and O–H groups in total. The maximum atomic E-state index is 6.21. The molecule has 0 saturated carbocycles. The van der Waals surface area contributed by atoms with E-state index in [-0.39, 0.29) is 6.04 Å². The lowest BCUT2D eigenvalue weighted by Crippen LogP contribution is -2.21. The van der Waals surface area contributed by atoms with Crippen LogP contribution < -0.4 is 5.73 Å². The molecule has 1 aliphatic rings. The van der Waals surface area contributed by atoms with Crippen molar-refractivity contribution in [3.8, 4) is 0 Å². The highest BCUT2D eigenvalue weighted by Gasteiger charge is 2.16. The van der Waals surface area contributed by atoms with Crippen LogP contribution in [0.1, 0.15) is 57.1 Å². The minimum atomic E-state index is 0.0983. The second-order valence-corrected chi connectivity index (χ2v) is 5.21. The number of rotatable bonds is 6. The molecule has 1 aromatic heterocycles. The lowest BCUT2D eigenvalue weighted by atomic mass is 10.00. The van der Waals surface area contributed by atoms with Crippen LogP contribution in [0.4, 0.5) is 0 Å². The predicted octanol–water partition coefficient (Wildman–Crippen LogP) is 2.64. The third-order valence-electron chi connectivity index (χ3n) is 3.61. The van der Waals surface area contributed by atoms with Crippen LogP contribution in [0.2, 0.25) is 0 Å². The Morgan fingerprint density at radius 2 is 2.44 bits per heavy atom. The van der Waals surface area contributed by atoms with Crippen molar-refractivity contribution in [2.45, 2.75) is 64.1 Å². The molecule has 2 unspecified atom stereocenters. The van der Waals surface area contributed by atoms with Crippen LogP contribution >= 0.6 is 0 Å². The summed E-state index contributed by atoms with van der Waals surface area (Å²) in [5, 5.41) is 4.33. The zero-order valence-electron chi connectivity index (χ0n) is 11.3. The topological polar surface area (TPSA) is 53.1 Å². The van der Waals surface area contributed by atoms with E-state index in [1.165, 1.54) is 19.3 Å². The molecule has 0 radical (unpaired) electrons. The van der Waals surface area contributed by atoms with Crippen LogP contribution in [-0.4, -0.2) is 22.5 Å². The van der Waals surface area contributed by atoms with Gasteiger partial charge in [-0.05, 0) is 38.5 Å². The van der Waals surface area contributed by atoms with E-state index >= 15 is 0 Å². The first-order valence-electron chi connectivity index (χ1n) is 7.19. The molecule has 4 nitrogen and oxygen atoms in total. The van der Waals surface area contributed by atoms with Gasteiger partial charge in [0, 0.05) is 31.0 Å². The van der Waals surface area contributed by atoms with Gasteiger partial charge in [0.2, 0.25) is 0 Å². The summed E-state index contributed by atoms with van der Waals surface area (Å²) in [6.45, 7) is 4.05. The van der Waals surface area contributed by atoms with Crippen LogP contribution in [0.15, 0.2) is 12.4 Å². The van der Waals surface area contributed by atoms with Crippen molar-refractivity contribution in [1.29, 1.82) is 0 Å². The Hall–Kier alpha value is -0.870. The molecular weight excluding hydrogens is 226 g/mol.